The van der Waals surface area contributed by atoms with E-state index in [-0.39, 0.29) is 24.1 Å². The predicted octanol–water partition coefficient (Wildman–Crippen LogP) is 1.96. The molecule has 2 aromatic heterocycles. The van der Waals surface area contributed by atoms with Crippen molar-refractivity contribution in [3.63, 3.8) is 0 Å². The number of amides is 2. The maximum Gasteiger partial charge on any atom is 0.277 e. The second-order valence-corrected chi connectivity index (χ2v) is 6.58. The van der Waals surface area contributed by atoms with Crippen molar-refractivity contribution < 1.29 is 14.0 Å². The van der Waals surface area contributed by atoms with Gasteiger partial charge in [-0.05, 0) is 29.5 Å². The van der Waals surface area contributed by atoms with E-state index in [9.17, 15) is 9.59 Å². The summed E-state index contributed by atoms with van der Waals surface area (Å²) < 4.78 is 5.67. The number of benzene rings is 1. The Labute approximate surface area is 159 Å². The zero-order valence-electron chi connectivity index (χ0n) is 14.2. The molecular formula is C18H17N5O3S. The molecule has 2 amide bonds. The first kappa shape index (κ1) is 18.6. The van der Waals surface area contributed by atoms with E-state index in [0.717, 1.165) is 22.9 Å². The van der Waals surface area contributed by atoms with E-state index in [1.807, 2.05) is 30.3 Å². The van der Waals surface area contributed by atoms with Crippen LogP contribution >= 0.6 is 11.8 Å². The van der Waals surface area contributed by atoms with Crippen molar-refractivity contribution in [2.24, 2.45) is 5.73 Å². The zero-order valence-corrected chi connectivity index (χ0v) is 15.1. The van der Waals surface area contributed by atoms with Gasteiger partial charge >= 0.3 is 0 Å². The number of hydrogen-bond donors (Lipinski definition) is 2. The highest BCUT2D eigenvalue weighted by atomic mass is 32.2. The van der Waals surface area contributed by atoms with Gasteiger partial charge in [-0.15, -0.1) is 10.2 Å². The van der Waals surface area contributed by atoms with E-state index in [0.29, 0.717) is 5.89 Å². The highest BCUT2D eigenvalue weighted by Crippen LogP contribution is 2.35. The van der Waals surface area contributed by atoms with Gasteiger partial charge in [-0.25, -0.2) is 0 Å². The Morgan fingerprint density at radius 3 is 2.56 bits per heavy atom. The number of nitrogens with one attached hydrogen (secondary N) is 1. The molecule has 0 radical (unpaired) electrons. The third-order valence-corrected chi connectivity index (χ3v) is 4.65. The van der Waals surface area contributed by atoms with Crippen molar-refractivity contribution in [1.29, 1.82) is 0 Å². The van der Waals surface area contributed by atoms with E-state index in [1.165, 1.54) is 0 Å². The van der Waals surface area contributed by atoms with Crippen LogP contribution in [0, 0.1) is 0 Å². The van der Waals surface area contributed by atoms with E-state index >= 15 is 0 Å². The Bertz CT molecular complexity index is 902. The molecule has 0 spiro atoms. The van der Waals surface area contributed by atoms with Crippen LogP contribution in [0.25, 0.3) is 11.5 Å². The lowest BCUT2D eigenvalue weighted by Gasteiger charge is -2.14. The molecule has 0 saturated heterocycles. The van der Waals surface area contributed by atoms with Gasteiger partial charge in [0.05, 0.1) is 0 Å². The monoisotopic (exact) mass is 383 g/mol. The molecule has 1 atom stereocenters. The average molecular weight is 383 g/mol. The summed E-state index contributed by atoms with van der Waals surface area (Å²) in [7, 11) is 0. The number of carbonyl (C=O) groups is 2. The van der Waals surface area contributed by atoms with E-state index < -0.39 is 11.2 Å². The first-order chi connectivity index (χ1) is 13.1. The molecule has 1 unspecified atom stereocenters. The molecule has 3 aromatic rings. The largest absolute Gasteiger partial charge is 0.411 e. The van der Waals surface area contributed by atoms with Crippen LogP contribution in [0.15, 0.2) is 64.5 Å². The number of rotatable bonds is 8. The van der Waals surface area contributed by atoms with Gasteiger partial charge in [-0.1, -0.05) is 30.3 Å². The summed E-state index contributed by atoms with van der Waals surface area (Å²) in [5.74, 6) is -0.393. The Morgan fingerprint density at radius 1 is 1.11 bits per heavy atom. The molecule has 0 saturated carbocycles. The fourth-order valence-electron chi connectivity index (χ4n) is 2.27. The SMILES string of the molecule is NC(=O)CCNC(=O)C(Sc1nnc(-c2ccncc2)o1)c1ccccc1. The van der Waals surface area contributed by atoms with E-state index in [2.05, 4.69) is 20.5 Å². The summed E-state index contributed by atoms with van der Waals surface area (Å²) in [6.45, 7) is 0.171. The van der Waals surface area contributed by atoms with Gasteiger partial charge < -0.3 is 15.5 Å². The van der Waals surface area contributed by atoms with Crippen LogP contribution in [0.3, 0.4) is 0 Å². The van der Waals surface area contributed by atoms with Crippen molar-refractivity contribution in [3.8, 4) is 11.5 Å². The van der Waals surface area contributed by atoms with Gasteiger partial charge in [-0.2, -0.15) is 0 Å². The fourth-order valence-corrected chi connectivity index (χ4v) is 3.17. The van der Waals surface area contributed by atoms with Gasteiger partial charge in [0, 0.05) is 30.9 Å². The van der Waals surface area contributed by atoms with Crippen LogP contribution in [-0.4, -0.2) is 33.5 Å². The molecule has 2 heterocycles. The molecular weight excluding hydrogens is 366 g/mol. The van der Waals surface area contributed by atoms with Gasteiger partial charge in [-0.3, -0.25) is 14.6 Å². The number of nitrogens with zero attached hydrogens (tertiary/aromatic N) is 3. The molecule has 3 N–H and O–H groups in total. The lowest BCUT2D eigenvalue weighted by molar-refractivity contribution is -0.121. The van der Waals surface area contributed by atoms with E-state index in [4.69, 9.17) is 10.2 Å². The third kappa shape index (κ3) is 5.14. The summed E-state index contributed by atoms with van der Waals surface area (Å²) in [5, 5.41) is 10.4. The number of nitrogens with two attached hydrogens (primary N) is 1. The topological polar surface area (TPSA) is 124 Å². The Kier molecular flexibility index (Phi) is 6.16. The molecule has 138 valence electrons. The lowest BCUT2D eigenvalue weighted by Crippen LogP contribution is -2.31. The predicted molar refractivity (Wildman–Crippen MR) is 99.4 cm³/mol. The number of aromatic nitrogens is 3. The van der Waals surface area contributed by atoms with Crippen LogP contribution in [0.2, 0.25) is 0 Å². The first-order valence-corrected chi connectivity index (χ1v) is 9.03. The van der Waals surface area contributed by atoms with Crippen LogP contribution in [0.4, 0.5) is 0 Å². The average Bonchev–Trinajstić information content (AvgIpc) is 3.16. The summed E-state index contributed by atoms with van der Waals surface area (Å²) in [6, 6.07) is 12.7. The number of thioether (sulfide) groups is 1. The molecule has 9 heteroatoms. The van der Waals surface area contributed by atoms with Crippen molar-refractivity contribution >= 4 is 23.6 Å². The molecule has 0 fully saturated rings. The first-order valence-electron chi connectivity index (χ1n) is 8.15. The fraction of sp³-hybridized carbons (Fsp3) is 0.167. The summed E-state index contributed by atoms with van der Waals surface area (Å²) in [5.41, 5.74) is 6.64. The Balaban J connectivity index is 1.76. The highest BCUT2D eigenvalue weighted by molar-refractivity contribution is 8.00. The smallest absolute Gasteiger partial charge is 0.277 e. The molecule has 27 heavy (non-hydrogen) atoms. The summed E-state index contributed by atoms with van der Waals surface area (Å²) >= 11 is 1.14. The molecule has 0 aliphatic carbocycles. The number of pyridine rings is 1. The minimum absolute atomic E-state index is 0.0741. The maximum atomic E-state index is 12.6. The molecule has 1 aromatic carbocycles. The quantitative estimate of drug-likeness (QED) is 0.570. The minimum atomic E-state index is -0.607. The van der Waals surface area contributed by atoms with Crippen LogP contribution in [-0.2, 0) is 9.59 Å². The number of hydrogen-bond acceptors (Lipinski definition) is 7. The number of carbonyl (C=O) groups excluding carboxylic acids is 2. The lowest BCUT2D eigenvalue weighted by atomic mass is 10.1. The minimum Gasteiger partial charge on any atom is -0.411 e. The van der Waals surface area contributed by atoms with Crippen molar-refractivity contribution in [1.82, 2.24) is 20.5 Å². The second kappa shape index (κ2) is 8.95. The van der Waals surface area contributed by atoms with Crippen LogP contribution in [0.1, 0.15) is 17.2 Å². The third-order valence-electron chi connectivity index (χ3n) is 3.56. The number of primary amides is 1. The maximum absolute atomic E-state index is 12.6. The summed E-state index contributed by atoms with van der Waals surface area (Å²) in [4.78, 5) is 27.5. The standard InChI is InChI=1S/C18H17N5O3S/c19-14(24)8-11-21-16(25)15(12-4-2-1-3-5-12)27-18-23-22-17(26-18)13-6-9-20-10-7-13/h1-7,9-10,15H,8,11H2,(H2,19,24)(H,21,25). The van der Waals surface area contributed by atoms with Gasteiger partial charge in [0.2, 0.25) is 17.7 Å². The van der Waals surface area contributed by atoms with Crippen molar-refractivity contribution in [2.45, 2.75) is 16.9 Å². The van der Waals surface area contributed by atoms with Crippen molar-refractivity contribution in [2.75, 3.05) is 6.54 Å². The molecule has 0 aliphatic heterocycles. The normalized spacial score (nSPS) is 11.7. The van der Waals surface area contributed by atoms with E-state index in [1.54, 1.807) is 24.5 Å². The zero-order chi connectivity index (χ0) is 19.1. The second-order valence-electron chi connectivity index (χ2n) is 5.52. The van der Waals surface area contributed by atoms with Gasteiger partial charge in [0.15, 0.2) is 0 Å². The molecule has 3 rings (SSSR count). The Hall–Kier alpha value is -3.20. The van der Waals surface area contributed by atoms with Gasteiger partial charge in [0.1, 0.15) is 5.25 Å². The van der Waals surface area contributed by atoms with Crippen LogP contribution in [0.5, 0.6) is 0 Å². The highest BCUT2D eigenvalue weighted by Gasteiger charge is 2.25. The molecule has 0 bridgehead atoms. The molecule has 0 aliphatic rings. The van der Waals surface area contributed by atoms with Crippen LogP contribution < -0.4 is 11.1 Å². The Morgan fingerprint density at radius 2 is 1.85 bits per heavy atom. The summed E-state index contributed by atoms with van der Waals surface area (Å²) in [6.07, 6.45) is 3.33. The van der Waals surface area contributed by atoms with Gasteiger partial charge in [0.25, 0.3) is 5.22 Å². The molecule has 8 nitrogen and oxygen atoms in total. The van der Waals surface area contributed by atoms with Crippen molar-refractivity contribution in [3.05, 3.63) is 60.4 Å².